The fourth-order valence-corrected chi connectivity index (χ4v) is 1.83. The Morgan fingerprint density at radius 3 is 2.20 bits per heavy atom. The number of carbonyl (C=O) groups excluding carboxylic acids is 1. The molecule has 15 heavy (non-hydrogen) atoms. The molecule has 0 bridgehead atoms. The van der Waals surface area contributed by atoms with Gasteiger partial charge in [0.2, 0.25) is 0 Å². The second-order valence-corrected chi connectivity index (χ2v) is 5.23. The Labute approximate surface area is 100 Å². The molecule has 0 saturated heterocycles. The topological polar surface area (TPSA) is 17.1 Å². The number of alkyl halides is 1. The lowest BCUT2D eigenvalue weighted by atomic mass is 10.0. The summed E-state index contributed by atoms with van der Waals surface area (Å²) in [6.45, 7) is 6.01. The molecule has 0 amide bonds. The van der Waals surface area contributed by atoms with E-state index in [1.165, 1.54) is 5.56 Å². The van der Waals surface area contributed by atoms with Crippen molar-refractivity contribution in [2.75, 3.05) is 0 Å². The molecule has 82 valence electrons. The highest BCUT2D eigenvalue weighted by atomic mass is 79.9. The molecule has 0 aromatic heterocycles. The van der Waals surface area contributed by atoms with Crippen LogP contribution in [0.3, 0.4) is 0 Å². The van der Waals surface area contributed by atoms with Crippen molar-refractivity contribution in [2.45, 2.75) is 32.0 Å². The van der Waals surface area contributed by atoms with Gasteiger partial charge >= 0.3 is 0 Å². The van der Waals surface area contributed by atoms with Crippen molar-refractivity contribution in [1.82, 2.24) is 0 Å². The van der Waals surface area contributed by atoms with Gasteiger partial charge in [-0.05, 0) is 30.4 Å². The van der Waals surface area contributed by atoms with E-state index in [9.17, 15) is 4.79 Å². The van der Waals surface area contributed by atoms with Gasteiger partial charge in [-0.2, -0.15) is 0 Å². The van der Waals surface area contributed by atoms with E-state index in [1.54, 1.807) is 6.92 Å². The van der Waals surface area contributed by atoms with E-state index in [-0.39, 0.29) is 10.6 Å². The zero-order valence-corrected chi connectivity index (χ0v) is 11.0. The fourth-order valence-electron chi connectivity index (χ4n) is 1.53. The summed E-state index contributed by atoms with van der Waals surface area (Å²) in [5, 5.41) is 0. The number of carbonyl (C=O) groups is 1. The minimum absolute atomic E-state index is 0.145. The first-order chi connectivity index (χ1) is 7.00. The van der Waals surface area contributed by atoms with Crippen molar-refractivity contribution in [2.24, 2.45) is 5.92 Å². The molecule has 1 aromatic carbocycles. The highest BCUT2D eigenvalue weighted by Crippen LogP contribution is 2.24. The molecule has 1 aromatic rings. The van der Waals surface area contributed by atoms with Crippen LogP contribution in [0.4, 0.5) is 0 Å². The highest BCUT2D eigenvalue weighted by molar-refractivity contribution is 9.09. The number of hydrogen-bond donors (Lipinski definition) is 0. The maximum atomic E-state index is 11.2. The van der Waals surface area contributed by atoms with E-state index in [2.05, 4.69) is 41.9 Å². The molecule has 0 fully saturated rings. The Bertz CT molecular complexity index is 327. The highest BCUT2D eigenvalue weighted by Gasteiger charge is 2.11. The fraction of sp³-hybridized carbons (Fsp3) is 0.462. The van der Waals surface area contributed by atoms with Crippen molar-refractivity contribution in [3.63, 3.8) is 0 Å². The van der Waals surface area contributed by atoms with E-state index in [0.29, 0.717) is 5.92 Å². The Kier molecular flexibility index (Phi) is 4.52. The van der Waals surface area contributed by atoms with Crippen molar-refractivity contribution in [1.29, 1.82) is 0 Å². The molecule has 1 unspecified atom stereocenters. The number of Topliss-reactive ketones (excluding diaryl/α,β-unsaturated/α-hetero) is 1. The number of benzene rings is 1. The number of ketones is 1. The summed E-state index contributed by atoms with van der Waals surface area (Å²) in [6.07, 6.45) is 1.09. The third kappa shape index (κ3) is 3.78. The SMILES string of the molecule is CC(=O)C(Br)c1ccc(CC(C)C)cc1. The van der Waals surface area contributed by atoms with Gasteiger partial charge < -0.3 is 0 Å². The largest absolute Gasteiger partial charge is 0.298 e. The second kappa shape index (κ2) is 5.45. The Balaban J connectivity index is 2.76. The van der Waals surface area contributed by atoms with Crippen LogP contribution in [-0.4, -0.2) is 5.78 Å². The maximum absolute atomic E-state index is 11.2. The Morgan fingerprint density at radius 2 is 1.80 bits per heavy atom. The molecular weight excluding hydrogens is 252 g/mol. The van der Waals surface area contributed by atoms with Crippen LogP contribution in [0, 0.1) is 5.92 Å². The molecule has 0 spiro atoms. The maximum Gasteiger partial charge on any atom is 0.147 e. The molecule has 0 aliphatic heterocycles. The summed E-state index contributed by atoms with van der Waals surface area (Å²) in [4.78, 5) is 11.0. The van der Waals surface area contributed by atoms with E-state index in [4.69, 9.17) is 0 Å². The summed E-state index contributed by atoms with van der Waals surface area (Å²) in [5.74, 6) is 0.815. The molecule has 0 N–H and O–H groups in total. The molecule has 2 heteroatoms. The standard InChI is InChI=1S/C13H17BrO/c1-9(2)8-11-4-6-12(7-5-11)13(14)10(3)15/h4-7,9,13H,8H2,1-3H3. The lowest BCUT2D eigenvalue weighted by molar-refractivity contribution is -0.116. The first-order valence-corrected chi connectivity index (χ1v) is 6.15. The van der Waals surface area contributed by atoms with Gasteiger partial charge in [-0.15, -0.1) is 0 Å². The van der Waals surface area contributed by atoms with Crippen LogP contribution in [0.25, 0.3) is 0 Å². The lowest BCUT2D eigenvalue weighted by Crippen LogP contribution is -2.01. The Hall–Kier alpha value is -0.630. The van der Waals surface area contributed by atoms with Crippen LogP contribution >= 0.6 is 15.9 Å². The first kappa shape index (κ1) is 12.4. The number of rotatable bonds is 4. The molecule has 1 nitrogen and oxygen atoms in total. The van der Waals surface area contributed by atoms with Crippen LogP contribution in [0.15, 0.2) is 24.3 Å². The molecular formula is C13H17BrO. The predicted octanol–water partition coefficient (Wildman–Crippen LogP) is 3.91. The monoisotopic (exact) mass is 268 g/mol. The summed E-state index contributed by atoms with van der Waals surface area (Å²) in [5.41, 5.74) is 2.37. The van der Waals surface area contributed by atoms with E-state index in [1.807, 2.05) is 12.1 Å². The van der Waals surface area contributed by atoms with Crippen LogP contribution < -0.4 is 0 Å². The molecule has 1 rings (SSSR count). The van der Waals surface area contributed by atoms with Gasteiger partial charge in [0.1, 0.15) is 5.78 Å². The zero-order valence-electron chi connectivity index (χ0n) is 9.46. The van der Waals surface area contributed by atoms with Gasteiger partial charge in [0.15, 0.2) is 0 Å². The first-order valence-electron chi connectivity index (χ1n) is 5.24. The molecule has 0 radical (unpaired) electrons. The van der Waals surface area contributed by atoms with E-state index < -0.39 is 0 Å². The number of hydrogen-bond acceptors (Lipinski definition) is 1. The third-order valence-electron chi connectivity index (χ3n) is 2.27. The summed E-state index contributed by atoms with van der Waals surface area (Å²) in [6, 6.07) is 8.26. The van der Waals surface area contributed by atoms with Crippen LogP contribution in [0.1, 0.15) is 36.7 Å². The predicted molar refractivity (Wildman–Crippen MR) is 67.3 cm³/mol. The summed E-state index contributed by atoms with van der Waals surface area (Å²) < 4.78 is 0. The molecule has 0 aliphatic carbocycles. The Morgan fingerprint density at radius 1 is 1.27 bits per heavy atom. The zero-order chi connectivity index (χ0) is 11.4. The minimum Gasteiger partial charge on any atom is -0.298 e. The van der Waals surface area contributed by atoms with Gasteiger partial charge in [0.05, 0.1) is 4.83 Å². The summed E-state index contributed by atoms with van der Waals surface area (Å²) >= 11 is 3.38. The van der Waals surface area contributed by atoms with Crippen molar-refractivity contribution in [3.05, 3.63) is 35.4 Å². The molecule has 0 aliphatic rings. The average Bonchev–Trinajstić information content (AvgIpc) is 2.17. The lowest BCUT2D eigenvalue weighted by Gasteiger charge is -2.08. The summed E-state index contributed by atoms with van der Waals surface area (Å²) in [7, 11) is 0. The smallest absolute Gasteiger partial charge is 0.147 e. The number of halogens is 1. The average molecular weight is 269 g/mol. The van der Waals surface area contributed by atoms with Gasteiger partial charge in [0.25, 0.3) is 0 Å². The third-order valence-corrected chi connectivity index (χ3v) is 3.45. The second-order valence-electron chi connectivity index (χ2n) is 4.31. The van der Waals surface area contributed by atoms with Crippen molar-refractivity contribution >= 4 is 21.7 Å². The molecule has 0 heterocycles. The van der Waals surface area contributed by atoms with Gasteiger partial charge in [-0.25, -0.2) is 0 Å². The van der Waals surface area contributed by atoms with Gasteiger partial charge in [0, 0.05) is 0 Å². The van der Waals surface area contributed by atoms with Crippen molar-refractivity contribution < 1.29 is 4.79 Å². The van der Waals surface area contributed by atoms with Crippen LogP contribution in [0.5, 0.6) is 0 Å². The molecule has 0 saturated carbocycles. The van der Waals surface area contributed by atoms with Crippen LogP contribution in [0.2, 0.25) is 0 Å². The molecule has 1 atom stereocenters. The van der Waals surface area contributed by atoms with Gasteiger partial charge in [-0.1, -0.05) is 54.0 Å². The quantitative estimate of drug-likeness (QED) is 0.757. The normalized spacial score (nSPS) is 12.9. The van der Waals surface area contributed by atoms with Crippen LogP contribution in [-0.2, 0) is 11.2 Å². The van der Waals surface area contributed by atoms with Crippen molar-refractivity contribution in [3.8, 4) is 0 Å². The van der Waals surface area contributed by atoms with E-state index in [0.717, 1.165) is 12.0 Å². The van der Waals surface area contributed by atoms with E-state index >= 15 is 0 Å². The minimum atomic E-state index is -0.161. The van der Waals surface area contributed by atoms with Gasteiger partial charge in [-0.3, -0.25) is 4.79 Å².